The van der Waals surface area contributed by atoms with E-state index in [-0.39, 0.29) is 0 Å². The van der Waals surface area contributed by atoms with Gasteiger partial charge in [0.15, 0.2) is 0 Å². The van der Waals surface area contributed by atoms with Crippen molar-refractivity contribution in [2.45, 2.75) is 0 Å². The number of hydrogen-bond donors (Lipinski definition) is 1. The normalized spacial score (nSPS) is 10.4. The smallest absolute Gasteiger partial charge is 0.0975 e. The highest BCUT2D eigenvalue weighted by atomic mass is 15.5. The molecule has 5 heteroatoms. The Labute approximate surface area is 69.4 Å². The third-order valence-corrected chi connectivity index (χ3v) is 1.61. The molecule has 5 nitrogen and oxygen atoms in total. The second-order valence-corrected chi connectivity index (χ2v) is 2.58. The van der Waals surface area contributed by atoms with E-state index in [0.29, 0.717) is 0 Å². The van der Waals surface area contributed by atoms with E-state index < -0.39 is 0 Å². The second-order valence-electron chi connectivity index (χ2n) is 2.58. The quantitative estimate of drug-likeness (QED) is 0.602. The zero-order chi connectivity index (χ0) is 8.55. The lowest BCUT2D eigenvalue weighted by Gasteiger charge is -1.87. The Bertz CT molecular complexity index is 348. The van der Waals surface area contributed by atoms with Gasteiger partial charge in [0, 0.05) is 25.0 Å². The van der Waals surface area contributed by atoms with Crippen LogP contribution < -0.4 is 5.84 Å². The van der Waals surface area contributed by atoms with Gasteiger partial charge in [-0.25, -0.2) is 0 Å². The monoisotopic (exact) mass is 163 g/mol. The van der Waals surface area contributed by atoms with Crippen LogP contribution in [0.15, 0.2) is 24.7 Å². The zero-order valence-electron chi connectivity index (χ0n) is 6.68. The van der Waals surface area contributed by atoms with Crippen molar-refractivity contribution in [2.75, 3.05) is 5.84 Å². The number of aromatic nitrogens is 4. The Morgan fingerprint density at radius 2 is 2.33 bits per heavy atom. The number of aryl methyl sites for hydroxylation is 1. The van der Waals surface area contributed by atoms with Crippen LogP contribution in [0.3, 0.4) is 0 Å². The van der Waals surface area contributed by atoms with E-state index in [4.69, 9.17) is 5.84 Å². The van der Waals surface area contributed by atoms with Crippen LogP contribution in [0.4, 0.5) is 0 Å². The van der Waals surface area contributed by atoms with Crippen molar-refractivity contribution in [3.8, 4) is 11.3 Å². The van der Waals surface area contributed by atoms with Crippen LogP contribution in [-0.4, -0.2) is 19.7 Å². The number of nitrogens with zero attached hydrogens (tertiary/aromatic N) is 4. The van der Waals surface area contributed by atoms with Crippen molar-refractivity contribution < 1.29 is 0 Å². The molecule has 2 heterocycles. The first kappa shape index (κ1) is 6.90. The van der Waals surface area contributed by atoms with E-state index >= 15 is 0 Å². The minimum absolute atomic E-state index is 0.839. The van der Waals surface area contributed by atoms with Gasteiger partial charge in [-0.05, 0) is 6.07 Å². The fraction of sp³-hybridized carbons (Fsp3) is 0.143. The molecule has 0 aliphatic heterocycles. The molecule has 0 saturated carbocycles. The summed E-state index contributed by atoms with van der Waals surface area (Å²) in [6.45, 7) is 0. The fourth-order valence-corrected chi connectivity index (χ4v) is 1.05. The molecule has 0 saturated heterocycles. The van der Waals surface area contributed by atoms with Gasteiger partial charge in [-0.1, -0.05) is 0 Å². The zero-order valence-corrected chi connectivity index (χ0v) is 6.68. The molecule has 0 atom stereocenters. The van der Waals surface area contributed by atoms with Gasteiger partial charge >= 0.3 is 0 Å². The van der Waals surface area contributed by atoms with E-state index in [0.717, 1.165) is 11.3 Å². The molecule has 0 spiro atoms. The molecule has 0 fully saturated rings. The van der Waals surface area contributed by atoms with Crippen molar-refractivity contribution in [2.24, 2.45) is 7.05 Å². The van der Waals surface area contributed by atoms with Crippen LogP contribution >= 0.6 is 0 Å². The fourth-order valence-electron chi connectivity index (χ4n) is 1.05. The number of nitrogens with two attached hydrogens (primary N) is 1. The molecule has 2 rings (SSSR count). The van der Waals surface area contributed by atoms with Gasteiger partial charge in [-0.3, -0.25) is 4.68 Å². The molecule has 62 valence electrons. The van der Waals surface area contributed by atoms with E-state index in [1.165, 1.54) is 4.79 Å². The molecule has 0 unspecified atom stereocenters. The van der Waals surface area contributed by atoms with Gasteiger partial charge in [0.25, 0.3) is 0 Å². The summed E-state index contributed by atoms with van der Waals surface area (Å²) >= 11 is 0. The minimum Gasteiger partial charge on any atom is -0.323 e. The summed E-state index contributed by atoms with van der Waals surface area (Å²) < 4.78 is 1.73. The molecule has 0 aliphatic carbocycles. The van der Waals surface area contributed by atoms with Crippen LogP contribution in [0, 0.1) is 0 Å². The Morgan fingerprint density at radius 1 is 1.50 bits per heavy atom. The topological polar surface area (TPSA) is 61.7 Å². The van der Waals surface area contributed by atoms with Crippen molar-refractivity contribution in [1.29, 1.82) is 0 Å². The van der Waals surface area contributed by atoms with Crippen LogP contribution in [-0.2, 0) is 7.05 Å². The predicted octanol–water partition coefficient (Wildman–Crippen LogP) is -0.00260. The lowest BCUT2D eigenvalue weighted by Crippen LogP contribution is -2.07. The highest BCUT2D eigenvalue weighted by molar-refractivity contribution is 5.55. The maximum Gasteiger partial charge on any atom is 0.0975 e. The summed E-state index contributed by atoms with van der Waals surface area (Å²) in [6.07, 6.45) is 5.34. The van der Waals surface area contributed by atoms with E-state index in [1.807, 2.05) is 19.3 Å². The molecule has 0 aliphatic rings. The molecular formula is C7H9N5. The molecule has 2 aromatic heterocycles. The minimum atomic E-state index is 0.839. The molecule has 12 heavy (non-hydrogen) atoms. The highest BCUT2D eigenvalue weighted by Crippen LogP contribution is 2.13. The number of rotatable bonds is 1. The van der Waals surface area contributed by atoms with Crippen molar-refractivity contribution in [1.82, 2.24) is 19.7 Å². The summed E-state index contributed by atoms with van der Waals surface area (Å²) in [5.74, 6) is 5.40. The number of hydrogen-bond acceptors (Lipinski definition) is 3. The summed E-state index contributed by atoms with van der Waals surface area (Å²) in [4.78, 5) is 1.28. The second kappa shape index (κ2) is 2.37. The van der Waals surface area contributed by atoms with Crippen LogP contribution in [0.25, 0.3) is 11.3 Å². The summed E-state index contributed by atoms with van der Waals surface area (Å²) in [5.41, 5.74) is 1.81. The van der Waals surface area contributed by atoms with Gasteiger partial charge in [-0.2, -0.15) is 15.0 Å². The molecule has 0 bridgehead atoms. The van der Waals surface area contributed by atoms with Gasteiger partial charge in [0.2, 0.25) is 0 Å². The maximum atomic E-state index is 5.40. The number of nitrogen functional groups attached to an aromatic ring is 1. The van der Waals surface area contributed by atoms with Crippen molar-refractivity contribution in [3.05, 3.63) is 24.7 Å². The summed E-state index contributed by atoms with van der Waals surface area (Å²) in [6, 6.07) is 1.84. The third kappa shape index (κ3) is 1.05. The molecule has 0 aromatic carbocycles. The van der Waals surface area contributed by atoms with Gasteiger partial charge in [-0.15, -0.1) is 0 Å². The standard InChI is InChI=1S/C7H9N5/c1-11-5-6(4-9-11)7-2-3-12(8)10-7/h2-5H,8H2,1H3. The SMILES string of the molecule is Cn1cc(-c2ccn(N)n2)cn1. The van der Waals surface area contributed by atoms with Gasteiger partial charge in [0.1, 0.15) is 0 Å². The molecule has 2 aromatic rings. The van der Waals surface area contributed by atoms with E-state index in [1.54, 1.807) is 17.1 Å². The predicted molar refractivity (Wildman–Crippen MR) is 44.6 cm³/mol. The van der Waals surface area contributed by atoms with Gasteiger partial charge < -0.3 is 5.84 Å². The van der Waals surface area contributed by atoms with Crippen LogP contribution in [0.5, 0.6) is 0 Å². The molecule has 2 N–H and O–H groups in total. The summed E-state index contributed by atoms with van der Waals surface area (Å²) in [7, 11) is 1.86. The first-order chi connectivity index (χ1) is 5.75. The lowest BCUT2D eigenvalue weighted by molar-refractivity contribution is 0.768. The Hall–Kier alpha value is -1.78. The first-order valence-electron chi connectivity index (χ1n) is 3.55. The Morgan fingerprint density at radius 3 is 2.83 bits per heavy atom. The van der Waals surface area contributed by atoms with E-state index in [2.05, 4.69) is 10.2 Å². The lowest BCUT2D eigenvalue weighted by atomic mass is 10.3. The van der Waals surface area contributed by atoms with Crippen LogP contribution in [0.1, 0.15) is 0 Å². The first-order valence-corrected chi connectivity index (χ1v) is 3.55. The van der Waals surface area contributed by atoms with Crippen LogP contribution in [0.2, 0.25) is 0 Å². The Kier molecular flexibility index (Phi) is 1.36. The summed E-state index contributed by atoms with van der Waals surface area (Å²) in [5, 5.41) is 8.06. The molecule has 0 radical (unpaired) electrons. The molecule has 0 amide bonds. The van der Waals surface area contributed by atoms with Crippen molar-refractivity contribution >= 4 is 0 Å². The largest absolute Gasteiger partial charge is 0.323 e. The van der Waals surface area contributed by atoms with Gasteiger partial charge in [0.05, 0.1) is 11.9 Å². The Balaban J connectivity index is 2.43. The third-order valence-electron chi connectivity index (χ3n) is 1.61. The average molecular weight is 163 g/mol. The van der Waals surface area contributed by atoms with Crippen molar-refractivity contribution in [3.63, 3.8) is 0 Å². The average Bonchev–Trinajstić information content (AvgIpc) is 2.58. The molecular weight excluding hydrogens is 154 g/mol. The van der Waals surface area contributed by atoms with E-state index in [9.17, 15) is 0 Å². The highest BCUT2D eigenvalue weighted by Gasteiger charge is 2.02. The maximum absolute atomic E-state index is 5.40.